The number of carbonyl (C=O) groups is 2. The quantitative estimate of drug-likeness (QED) is 0.533. The van der Waals surface area contributed by atoms with E-state index in [1.165, 1.54) is 0 Å². The van der Waals surface area contributed by atoms with Crippen molar-refractivity contribution >= 4 is 11.8 Å². The molecule has 0 spiro atoms. The van der Waals surface area contributed by atoms with Gasteiger partial charge in [-0.3, -0.25) is 9.59 Å². The summed E-state index contributed by atoms with van der Waals surface area (Å²) in [6.45, 7) is 4.29. The number of amides is 2. The fourth-order valence-corrected chi connectivity index (χ4v) is 3.05. The lowest BCUT2D eigenvalue weighted by Crippen LogP contribution is -2.33. The minimum Gasteiger partial charge on any atom is -0.476 e. The number of rotatable bonds is 9. The lowest BCUT2D eigenvalue weighted by atomic mass is 10.1. The highest BCUT2D eigenvalue weighted by Gasteiger charge is 2.22. The van der Waals surface area contributed by atoms with E-state index in [4.69, 9.17) is 4.74 Å². The minimum absolute atomic E-state index is 0.109. The van der Waals surface area contributed by atoms with Gasteiger partial charge in [0.2, 0.25) is 6.10 Å². The van der Waals surface area contributed by atoms with Gasteiger partial charge in [0.05, 0.1) is 0 Å². The number of hydrogen-bond acceptors (Lipinski definition) is 3. The summed E-state index contributed by atoms with van der Waals surface area (Å²) in [5, 5.41) is 5.90. The molecule has 0 heterocycles. The Kier molecular flexibility index (Phi) is 7.82. The molecule has 0 bridgehead atoms. The van der Waals surface area contributed by atoms with Crippen LogP contribution in [0.5, 0.6) is 5.75 Å². The van der Waals surface area contributed by atoms with Crippen molar-refractivity contribution in [3.8, 4) is 5.75 Å². The number of benzene rings is 3. The van der Waals surface area contributed by atoms with Crippen LogP contribution in [-0.2, 0) is 11.3 Å². The Bertz CT molecular complexity index is 990. The number of hydrogen-bond donors (Lipinski definition) is 2. The van der Waals surface area contributed by atoms with Gasteiger partial charge in [0.25, 0.3) is 11.8 Å². The van der Waals surface area contributed by atoms with Crippen molar-refractivity contribution in [2.45, 2.75) is 39.0 Å². The fourth-order valence-electron chi connectivity index (χ4n) is 3.05. The van der Waals surface area contributed by atoms with E-state index in [9.17, 15) is 9.59 Å². The molecule has 31 heavy (non-hydrogen) atoms. The van der Waals surface area contributed by atoms with Crippen molar-refractivity contribution in [3.63, 3.8) is 0 Å². The Labute approximate surface area is 183 Å². The monoisotopic (exact) mass is 416 g/mol. The highest BCUT2D eigenvalue weighted by molar-refractivity contribution is 5.94. The van der Waals surface area contributed by atoms with Crippen molar-refractivity contribution in [1.29, 1.82) is 0 Å². The van der Waals surface area contributed by atoms with E-state index >= 15 is 0 Å². The first-order valence-corrected chi connectivity index (χ1v) is 10.5. The largest absolute Gasteiger partial charge is 0.476 e. The third kappa shape index (κ3) is 6.44. The molecule has 2 amide bonds. The van der Waals surface area contributed by atoms with E-state index in [0.717, 1.165) is 17.5 Å². The molecule has 5 heteroatoms. The number of ether oxygens (including phenoxy) is 1. The van der Waals surface area contributed by atoms with Crippen LogP contribution >= 0.6 is 0 Å². The summed E-state index contributed by atoms with van der Waals surface area (Å²) in [5.74, 6) is 0.261. The molecule has 160 valence electrons. The minimum atomic E-state index is -0.777. The van der Waals surface area contributed by atoms with Crippen molar-refractivity contribution < 1.29 is 14.3 Å². The molecule has 0 saturated carbocycles. The number of para-hydroxylation sites is 1. The molecule has 0 fully saturated rings. The molecule has 0 saturated heterocycles. The smallest absolute Gasteiger partial charge is 0.266 e. The van der Waals surface area contributed by atoms with E-state index in [1.54, 1.807) is 12.1 Å². The van der Waals surface area contributed by atoms with Crippen molar-refractivity contribution in [3.05, 3.63) is 102 Å². The Morgan fingerprint density at radius 1 is 0.903 bits per heavy atom. The molecule has 2 unspecified atom stereocenters. The maximum absolute atomic E-state index is 13.0. The van der Waals surface area contributed by atoms with Gasteiger partial charge in [-0.25, -0.2) is 0 Å². The third-order valence-corrected chi connectivity index (χ3v) is 4.98. The molecule has 3 aromatic carbocycles. The summed E-state index contributed by atoms with van der Waals surface area (Å²) in [6.07, 6.45) is 0.0875. The summed E-state index contributed by atoms with van der Waals surface area (Å²) < 4.78 is 5.99. The molecule has 2 N–H and O–H groups in total. The summed E-state index contributed by atoms with van der Waals surface area (Å²) in [7, 11) is 0. The average molecular weight is 417 g/mol. The van der Waals surface area contributed by atoms with Crippen LogP contribution in [0.4, 0.5) is 0 Å². The maximum Gasteiger partial charge on any atom is 0.266 e. The molecule has 0 aliphatic heterocycles. The molecule has 3 aromatic rings. The van der Waals surface area contributed by atoms with Crippen LogP contribution in [-0.4, -0.2) is 17.9 Å². The van der Waals surface area contributed by atoms with Gasteiger partial charge in [0.15, 0.2) is 0 Å². The molecule has 5 nitrogen and oxygen atoms in total. The third-order valence-electron chi connectivity index (χ3n) is 4.98. The second-order valence-electron chi connectivity index (χ2n) is 7.42. The Morgan fingerprint density at radius 3 is 2.26 bits per heavy atom. The molecule has 0 aromatic heterocycles. The predicted molar refractivity (Wildman–Crippen MR) is 122 cm³/mol. The molecule has 3 rings (SSSR count). The van der Waals surface area contributed by atoms with Crippen LogP contribution in [0.2, 0.25) is 0 Å². The van der Waals surface area contributed by atoms with Crippen LogP contribution in [0.25, 0.3) is 0 Å². The highest BCUT2D eigenvalue weighted by atomic mass is 16.5. The van der Waals surface area contributed by atoms with Crippen molar-refractivity contribution in [2.24, 2.45) is 0 Å². The summed E-state index contributed by atoms with van der Waals surface area (Å²) in [5.41, 5.74) is 2.19. The van der Waals surface area contributed by atoms with E-state index < -0.39 is 6.10 Å². The van der Waals surface area contributed by atoms with Crippen LogP contribution in [0.1, 0.15) is 47.9 Å². The molecule has 0 aliphatic rings. The zero-order valence-electron chi connectivity index (χ0n) is 17.9. The number of nitrogens with one attached hydrogen (secondary N) is 2. The Morgan fingerprint density at radius 2 is 1.58 bits per heavy atom. The second-order valence-corrected chi connectivity index (χ2v) is 7.42. The Balaban J connectivity index is 1.69. The Hall–Kier alpha value is -3.60. The van der Waals surface area contributed by atoms with E-state index in [2.05, 4.69) is 10.6 Å². The topological polar surface area (TPSA) is 67.4 Å². The second kappa shape index (κ2) is 11.0. The molecule has 2 atom stereocenters. The van der Waals surface area contributed by atoms with E-state index in [1.807, 2.05) is 86.6 Å². The summed E-state index contributed by atoms with van der Waals surface area (Å²) in [4.78, 5) is 25.4. The van der Waals surface area contributed by atoms with Crippen LogP contribution < -0.4 is 15.4 Å². The maximum atomic E-state index is 13.0. The predicted octanol–water partition coefficient (Wildman–Crippen LogP) is 4.65. The van der Waals surface area contributed by atoms with Crippen molar-refractivity contribution in [1.82, 2.24) is 10.6 Å². The molecular formula is C26H28N2O3. The van der Waals surface area contributed by atoms with Gasteiger partial charge >= 0.3 is 0 Å². The van der Waals surface area contributed by atoms with Crippen molar-refractivity contribution in [2.75, 3.05) is 0 Å². The highest BCUT2D eigenvalue weighted by Crippen LogP contribution is 2.22. The summed E-state index contributed by atoms with van der Waals surface area (Å²) in [6, 6.07) is 26.1. The average Bonchev–Trinajstić information content (AvgIpc) is 2.82. The van der Waals surface area contributed by atoms with Gasteiger partial charge in [0, 0.05) is 23.7 Å². The first kappa shape index (κ1) is 22.1. The first-order chi connectivity index (χ1) is 15.1. The van der Waals surface area contributed by atoms with E-state index in [-0.39, 0.29) is 17.9 Å². The van der Waals surface area contributed by atoms with Gasteiger partial charge in [-0.2, -0.15) is 0 Å². The SMILES string of the molecule is CCC(C)NC(=O)c1cccc(CNC(=O)C(Oc2ccccc2)c2ccccc2)c1. The van der Waals surface area contributed by atoms with Crippen LogP contribution in [0.3, 0.4) is 0 Å². The van der Waals surface area contributed by atoms with Gasteiger partial charge in [-0.1, -0.05) is 67.6 Å². The van der Waals surface area contributed by atoms with Gasteiger partial charge in [-0.05, 0) is 43.2 Å². The van der Waals surface area contributed by atoms with Crippen LogP contribution in [0.15, 0.2) is 84.9 Å². The summed E-state index contributed by atoms with van der Waals surface area (Å²) >= 11 is 0. The molecule has 0 aliphatic carbocycles. The zero-order chi connectivity index (χ0) is 22.1. The van der Waals surface area contributed by atoms with Gasteiger partial charge in [-0.15, -0.1) is 0 Å². The first-order valence-electron chi connectivity index (χ1n) is 10.5. The fraction of sp³-hybridized carbons (Fsp3) is 0.231. The lowest BCUT2D eigenvalue weighted by molar-refractivity contribution is -0.128. The van der Waals surface area contributed by atoms with E-state index in [0.29, 0.717) is 17.9 Å². The van der Waals surface area contributed by atoms with Crippen LogP contribution in [0, 0.1) is 0 Å². The molecule has 0 radical (unpaired) electrons. The van der Waals surface area contributed by atoms with Gasteiger partial charge < -0.3 is 15.4 Å². The molecular weight excluding hydrogens is 388 g/mol. The van der Waals surface area contributed by atoms with Gasteiger partial charge in [0.1, 0.15) is 5.75 Å². The lowest BCUT2D eigenvalue weighted by Gasteiger charge is -2.19. The number of carbonyl (C=O) groups excluding carboxylic acids is 2. The standard InChI is InChI=1S/C26H28N2O3/c1-3-19(2)28-25(29)22-14-10-11-20(17-22)18-27-26(30)24(21-12-6-4-7-13-21)31-23-15-8-5-9-16-23/h4-17,19,24H,3,18H2,1-2H3,(H,27,30)(H,28,29). The normalized spacial score (nSPS) is 12.5. The zero-order valence-corrected chi connectivity index (χ0v) is 17.9.